The standard InChI is InChI=1S/C11H16F3NO4S/c12-11(13,14)10(9(16)17)3-4-15(7-10)8-1-5-20(18,19)6-2-8/h8H,1-7H2,(H,16,17). The summed E-state index contributed by atoms with van der Waals surface area (Å²) in [5.41, 5.74) is -2.72. The van der Waals surface area contributed by atoms with E-state index in [1.165, 1.54) is 4.90 Å². The number of rotatable bonds is 2. The summed E-state index contributed by atoms with van der Waals surface area (Å²) in [6.07, 6.45) is -4.73. The van der Waals surface area contributed by atoms with Crippen LogP contribution in [0.1, 0.15) is 19.3 Å². The number of nitrogens with zero attached hydrogens (tertiary/aromatic N) is 1. The second-order valence-corrected chi connectivity index (χ2v) is 7.79. The van der Waals surface area contributed by atoms with Crippen LogP contribution in [0.4, 0.5) is 13.2 Å². The van der Waals surface area contributed by atoms with Crippen molar-refractivity contribution >= 4 is 15.8 Å². The van der Waals surface area contributed by atoms with E-state index in [0.29, 0.717) is 0 Å². The molecule has 1 unspecified atom stereocenters. The van der Waals surface area contributed by atoms with Gasteiger partial charge in [0.05, 0.1) is 11.5 Å². The minimum Gasteiger partial charge on any atom is -0.481 e. The molecule has 2 rings (SSSR count). The van der Waals surface area contributed by atoms with Crippen molar-refractivity contribution in [3.8, 4) is 0 Å². The zero-order valence-electron chi connectivity index (χ0n) is 10.7. The minimum atomic E-state index is -4.80. The predicted molar refractivity (Wildman–Crippen MR) is 64.0 cm³/mol. The van der Waals surface area contributed by atoms with Crippen molar-refractivity contribution in [2.24, 2.45) is 5.41 Å². The maximum atomic E-state index is 13.0. The first-order valence-corrected chi connectivity index (χ1v) is 8.14. The van der Waals surface area contributed by atoms with Crippen LogP contribution in [0.5, 0.6) is 0 Å². The smallest absolute Gasteiger partial charge is 0.406 e. The first-order chi connectivity index (χ1) is 9.07. The Hall–Kier alpha value is -0.830. The zero-order valence-corrected chi connectivity index (χ0v) is 11.5. The third kappa shape index (κ3) is 2.65. The molecular weight excluding hydrogens is 299 g/mol. The third-order valence-electron chi connectivity index (χ3n) is 4.29. The average Bonchev–Trinajstić information content (AvgIpc) is 2.74. The number of sulfone groups is 1. The van der Waals surface area contributed by atoms with Gasteiger partial charge in [0.2, 0.25) is 0 Å². The summed E-state index contributed by atoms with van der Waals surface area (Å²) in [6, 6.07) is -0.276. The van der Waals surface area contributed by atoms with E-state index >= 15 is 0 Å². The van der Waals surface area contributed by atoms with E-state index in [-0.39, 0.29) is 36.9 Å². The van der Waals surface area contributed by atoms with Gasteiger partial charge in [0.25, 0.3) is 0 Å². The molecule has 0 aliphatic carbocycles. The van der Waals surface area contributed by atoms with Crippen molar-refractivity contribution in [3.63, 3.8) is 0 Å². The van der Waals surface area contributed by atoms with E-state index in [1.807, 2.05) is 0 Å². The molecule has 0 amide bonds. The van der Waals surface area contributed by atoms with Crippen LogP contribution in [0, 0.1) is 5.41 Å². The average molecular weight is 315 g/mol. The Morgan fingerprint density at radius 1 is 1.25 bits per heavy atom. The van der Waals surface area contributed by atoms with Crippen molar-refractivity contribution in [1.82, 2.24) is 4.90 Å². The largest absolute Gasteiger partial charge is 0.481 e. The van der Waals surface area contributed by atoms with Crippen LogP contribution in [-0.4, -0.2) is 61.2 Å². The number of carboxylic acids is 1. The van der Waals surface area contributed by atoms with Gasteiger partial charge in [-0.15, -0.1) is 0 Å². The minimum absolute atomic E-state index is 0.0382. The van der Waals surface area contributed by atoms with Gasteiger partial charge in [-0.3, -0.25) is 9.69 Å². The molecule has 0 aromatic heterocycles. The molecule has 0 radical (unpaired) electrons. The van der Waals surface area contributed by atoms with Crippen molar-refractivity contribution in [2.75, 3.05) is 24.6 Å². The quantitative estimate of drug-likeness (QED) is 0.819. The fourth-order valence-electron chi connectivity index (χ4n) is 2.92. The number of likely N-dealkylation sites (tertiary alicyclic amines) is 1. The molecule has 1 N–H and O–H groups in total. The van der Waals surface area contributed by atoms with Crippen molar-refractivity contribution in [2.45, 2.75) is 31.5 Å². The van der Waals surface area contributed by atoms with Gasteiger partial charge in [0.1, 0.15) is 9.84 Å². The first-order valence-electron chi connectivity index (χ1n) is 6.32. The molecule has 2 heterocycles. The van der Waals surface area contributed by atoms with Gasteiger partial charge in [0.15, 0.2) is 5.41 Å². The van der Waals surface area contributed by atoms with E-state index in [0.717, 1.165) is 0 Å². The number of hydrogen-bond acceptors (Lipinski definition) is 4. The highest BCUT2D eigenvalue weighted by Crippen LogP contribution is 2.46. The van der Waals surface area contributed by atoms with Gasteiger partial charge in [-0.05, 0) is 25.8 Å². The Morgan fingerprint density at radius 2 is 1.80 bits per heavy atom. The lowest BCUT2D eigenvalue weighted by Gasteiger charge is -2.33. The molecular formula is C11H16F3NO4S. The van der Waals surface area contributed by atoms with Crippen molar-refractivity contribution in [3.05, 3.63) is 0 Å². The predicted octanol–water partition coefficient (Wildman–Crippen LogP) is 0.903. The number of aliphatic carboxylic acids is 1. The summed E-state index contributed by atoms with van der Waals surface area (Å²) in [7, 11) is -3.08. The van der Waals surface area contributed by atoms with E-state index in [9.17, 15) is 26.4 Å². The van der Waals surface area contributed by atoms with Gasteiger partial charge >= 0.3 is 12.1 Å². The first kappa shape index (κ1) is 15.6. The number of carbonyl (C=O) groups is 1. The van der Waals surface area contributed by atoms with Crippen LogP contribution in [0.3, 0.4) is 0 Å². The van der Waals surface area contributed by atoms with Crippen LogP contribution in [0.2, 0.25) is 0 Å². The number of hydrogen-bond donors (Lipinski definition) is 1. The molecule has 0 spiro atoms. The van der Waals surface area contributed by atoms with Gasteiger partial charge in [-0.25, -0.2) is 8.42 Å². The lowest BCUT2D eigenvalue weighted by Crippen LogP contribution is -2.49. The van der Waals surface area contributed by atoms with Crippen molar-refractivity contribution < 1.29 is 31.5 Å². The van der Waals surface area contributed by atoms with Gasteiger partial charge in [-0.1, -0.05) is 0 Å². The van der Waals surface area contributed by atoms with Gasteiger partial charge in [0, 0.05) is 12.6 Å². The second-order valence-electron chi connectivity index (χ2n) is 5.49. The molecule has 2 saturated heterocycles. The highest BCUT2D eigenvalue weighted by molar-refractivity contribution is 7.91. The normalized spacial score (nSPS) is 32.4. The highest BCUT2D eigenvalue weighted by Gasteiger charge is 2.64. The van der Waals surface area contributed by atoms with Crippen molar-refractivity contribution in [1.29, 1.82) is 0 Å². The third-order valence-corrected chi connectivity index (χ3v) is 6.01. The Kier molecular flexibility index (Phi) is 3.79. The Labute approximate surface area is 114 Å². The lowest BCUT2D eigenvalue weighted by atomic mass is 9.86. The summed E-state index contributed by atoms with van der Waals surface area (Å²) >= 11 is 0. The Balaban J connectivity index is 2.10. The molecule has 20 heavy (non-hydrogen) atoms. The summed E-state index contributed by atoms with van der Waals surface area (Å²) in [5, 5.41) is 8.96. The molecule has 5 nitrogen and oxygen atoms in total. The van der Waals surface area contributed by atoms with Gasteiger partial charge in [-0.2, -0.15) is 13.2 Å². The molecule has 0 aromatic carbocycles. The molecule has 1 atom stereocenters. The number of halogens is 3. The molecule has 2 fully saturated rings. The highest BCUT2D eigenvalue weighted by atomic mass is 32.2. The summed E-state index contributed by atoms with van der Waals surface area (Å²) in [6.45, 7) is -0.549. The fourth-order valence-corrected chi connectivity index (χ4v) is 4.39. The van der Waals surface area contributed by atoms with Crippen LogP contribution in [0.15, 0.2) is 0 Å². The SMILES string of the molecule is O=C(O)C1(C(F)(F)F)CCN(C2CCS(=O)(=O)CC2)C1. The van der Waals surface area contributed by atoms with Gasteiger partial charge < -0.3 is 5.11 Å². The molecule has 2 aliphatic heterocycles. The van der Waals surface area contributed by atoms with Crippen LogP contribution >= 0.6 is 0 Å². The number of alkyl halides is 3. The van der Waals surface area contributed by atoms with E-state index in [1.54, 1.807) is 0 Å². The molecule has 116 valence electrons. The monoisotopic (exact) mass is 315 g/mol. The Bertz CT molecular complexity index is 490. The molecule has 0 bridgehead atoms. The fraction of sp³-hybridized carbons (Fsp3) is 0.909. The maximum absolute atomic E-state index is 13.0. The lowest BCUT2D eigenvalue weighted by molar-refractivity contribution is -0.227. The topological polar surface area (TPSA) is 74.7 Å². The van der Waals surface area contributed by atoms with Crippen LogP contribution < -0.4 is 0 Å². The van der Waals surface area contributed by atoms with E-state index in [4.69, 9.17) is 5.11 Å². The number of carboxylic acid groups (broad SMARTS) is 1. The molecule has 2 aliphatic rings. The molecule has 9 heteroatoms. The summed E-state index contributed by atoms with van der Waals surface area (Å²) < 4.78 is 61.7. The van der Waals surface area contributed by atoms with E-state index in [2.05, 4.69) is 0 Å². The molecule has 0 saturated carbocycles. The maximum Gasteiger partial charge on any atom is 0.406 e. The van der Waals surface area contributed by atoms with Crippen LogP contribution in [0.25, 0.3) is 0 Å². The van der Waals surface area contributed by atoms with E-state index < -0.39 is 40.4 Å². The second kappa shape index (κ2) is 4.87. The molecule has 0 aromatic rings. The summed E-state index contributed by atoms with van der Waals surface area (Å²) in [5.74, 6) is -1.93. The summed E-state index contributed by atoms with van der Waals surface area (Å²) in [4.78, 5) is 12.5. The van der Waals surface area contributed by atoms with Crippen LogP contribution in [-0.2, 0) is 14.6 Å². The zero-order chi connectivity index (χ0) is 15.2. The Morgan fingerprint density at radius 3 is 2.20 bits per heavy atom.